The van der Waals surface area contributed by atoms with Crippen LogP contribution in [0.2, 0.25) is 0 Å². The second-order valence-electron chi connectivity index (χ2n) is 6.32. The van der Waals surface area contributed by atoms with Crippen LogP contribution in [-0.4, -0.2) is 18.7 Å². The Morgan fingerprint density at radius 2 is 1.96 bits per heavy atom. The molecule has 0 fully saturated rings. The Kier molecular flexibility index (Phi) is 5.55. The largest absolute Gasteiger partial charge is 0.484 e. The smallest absolute Gasteiger partial charge is 0.277 e. The molecule has 0 saturated carbocycles. The van der Waals surface area contributed by atoms with Crippen LogP contribution in [0.3, 0.4) is 0 Å². The van der Waals surface area contributed by atoms with E-state index in [2.05, 4.69) is 31.3 Å². The molecule has 1 aromatic heterocycles. The summed E-state index contributed by atoms with van der Waals surface area (Å²) in [5, 5.41) is 5.93. The molecule has 0 aliphatic heterocycles. The number of hydrazone groups is 1. The molecular weight excluding hydrogens is 308 g/mol. The number of carbonyl (C=O) groups is 1. The van der Waals surface area contributed by atoms with Crippen LogP contribution in [0.25, 0.3) is 0 Å². The average molecular weight is 330 g/mol. The van der Waals surface area contributed by atoms with E-state index in [4.69, 9.17) is 4.74 Å². The van der Waals surface area contributed by atoms with E-state index < -0.39 is 0 Å². The highest BCUT2D eigenvalue weighted by Gasteiger charge is 2.13. The van der Waals surface area contributed by atoms with E-state index in [1.165, 1.54) is 5.56 Å². The van der Waals surface area contributed by atoms with Gasteiger partial charge in [0.05, 0.1) is 6.21 Å². The van der Waals surface area contributed by atoms with Crippen molar-refractivity contribution in [3.05, 3.63) is 51.7 Å². The lowest BCUT2D eigenvalue weighted by atomic mass is 9.87. The van der Waals surface area contributed by atoms with Gasteiger partial charge in [0, 0.05) is 4.88 Å². The topological polar surface area (TPSA) is 50.7 Å². The van der Waals surface area contributed by atoms with E-state index in [1.54, 1.807) is 17.6 Å². The van der Waals surface area contributed by atoms with Crippen LogP contribution in [0.5, 0.6) is 5.75 Å². The summed E-state index contributed by atoms with van der Waals surface area (Å²) in [6.45, 7) is 8.41. The molecule has 0 aliphatic rings. The number of hydrogen-bond acceptors (Lipinski definition) is 4. The summed E-state index contributed by atoms with van der Waals surface area (Å²) in [5.41, 5.74) is 4.94. The monoisotopic (exact) mass is 330 g/mol. The van der Waals surface area contributed by atoms with E-state index in [0.717, 1.165) is 10.4 Å². The predicted molar refractivity (Wildman–Crippen MR) is 95.4 cm³/mol. The molecular formula is C18H22N2O2S. The van der Waals surface area contributed by atoms with E-state index in [9.17, 15) is 4.79 Å². The Bertz CT molecular complexity index is 682. The molecule has 1 aromatic carbocycles. The van der Waals surface area contributed by atoms with E-state index in [1.807, 2.05) is 42.6 Å². The minimum Gasteiger partial charge on any atom is -0.484 e. The van der Waals surface area contributed by atoms with Crippen LogP contribution >= 0.6 is 11.3 Å². The van der Waals surface area contributed by atoms with Crippen molar-refractivity contribution >= 4 is 23.5 Å². The summed E-state index contributed by atoms with van der Waals surface area (Å²) in [6, 6.07) is 9.81. The maximum atomic E-state index is 11.7. The standard InChI is InChI=1S/C18H22N2O2S/c1-13-9-10-23-16(13)11-19-20-17(21)12-22-15-7-5-14(6-8-15)18(2,3)4/h5-11H,12H2,1-4H3,(H,20,21). The number of thiophene rings is 1. The molecule has 0 spiro atoms. The number of ether oxygens (including phenoxy) is 1. The first kappa shape index (κ1) is 17.2. The highest BCUT2D eigenvalue weighted by atomic mass is 32.1. The molecule has 0 saturated heterocycles. The molecule has 0 bridgehead atoms. The number of rotatable bonds is 5. The normalized spacial score (nSPS) is 11.7. The molecule has 1 amide bonds. The van der Waals surface area contributed by atoms with Crippen LogP contribution in [0, 0.1) is 6.92 Å². The number of carbonyl (C=O) groups excluding carboxylic acids is 1. The molecule has 2 rings (SSSR count). The summed E-state index contributed by atoms with van der Waals surface area (Å²) in [5.74, 6) is 0.390. The first-order chi connectivity index (χ1) is 10.9. The Morgan fingerprint density at radius 3 is 2.52 bits per heavy atom. The fourth-order valence-corrected chi connectivity index (χ4v) is 2.70. The molecule has 1 heterocycles. The summed E-state index contributed by atoms with van der Waals surface area (Å²) in [7, 11) is 0. The Hall–Kier alpha value is -2.14. The minimum atomic E-state index is -0.282. The number of amides is 1. The second-order valence-corrected chi connectivity index (χ2v) is 7.27. The predicted octanol–water partition coefficient (Wildman–Crippen LogP) is 3.88. The third-order valence-corrected chi connectivity index (χ3v) is 4.32. The first-order valence-corrected chi connectivity index (χ1v) is 8.33. The maximum Gasteiger partial charge on any atom is 0.277 e. The van der Waals surface area contributed by atoms with Gasteiger partial charge in [0.25, 0.3) is 5.91 Å². The summed E-state index contributed by atoms with van der Waals surface area (Å²) in [4.78, 5) is 12.7. The first-order valence-electron chi connectivity index (χ1n) is 7.45. The third kappa shape index (κ3) is 5.21. The zero-order chi connectivity index (χ0) is 16.9. The van der Waals surface area contributed by atoms with Crippen LogP contribution in [0.4, 0.5) is 0 Å². The van der Waals surface area contributed by atoms with E-state index in [-0.39, 0.29) is 17.9 Å². The Morgan fingerprint density at radius 1 is 1.26 bits per heavy atom. The van der Waals surface area contributed by atoms with Gasteiger partial charge in [0.1, 0.15) is 5.75 Å². The van der Waals surface area contributed by atoms with Gasteiger partial charge < -0.3 is 4.74 Å². The SMILES string of the molecule is Cc1ccsc1C=NNC(=O)COc1ccc(C(C)(C)C)cc1. The molecule has 23 heavy (non-hydrogen) atoms. The van der Waals surface area contributed by atoms with Crippen molar-refractivity contribution in [3.63, 3.8) is 0 Å². The molecule has 0 aliphatic carbocycles. The fraction of sp³-hybridized carbons (Fsp3) is 0.333. The Labute approximate surface area is 141 Å². The molecule has 2 aromatic rings. The van der Waals surface area contributed by atoms with Crippen molar-refractivity contribution in [1.82, 2.24) is 5.43 Å². The number of nitrogens with one attached hydrogen (secondary N) is 1. The quantitative estimate of drug-likeness (QED) is 0.668. The van der Waals surface area contributed by atoms with Gasteiger partial charge >= 0.3 is 0 Å². The van der Waals surface area contributed by atoms with Crippen LogP contribution in [0.1, 0.15) is 36.8 Å². The zero-order valence-corrected chi connectivity index (χ0v) is 14.7. The van der Waals surface area contributed by atoms with Crippen molar-refractivity contribution in [2.45, 2.75) is 33.1 Å². The summed E-state index contributed by atoms with van der Waals surface area (Å²) < 4.78 is 5.46. The maximum absolute atomic E-state index is 11.7. The van der Waals surface area contributed by atoms with Crippen molar-refractivity contribution in [2.75, 3.05) is 6.61 Å². The minimum absolute atomic E-state index is 0.0599. The van der Waals surface area contributed by atoms with Gasteiger partial charge in [-0.05, 0) is 47.0 Å². The molecule has 4 nitrogen and oxygen atoms in total. The van der Waals surface area contributed by atoms with Gasteiger partial charge in [0.2, 0.25) is 0 Å². The van der Waals surface area contributed by atoms with Crippen molar-refractivity contribution in [3.8, 4) is 5.75 Å². The van der Waals surface area contributed by atoms with Gasteiger partial charge in [-0.15, -0.1) is 11.3 Å². The lowest BCUT2D eigenvalue weighted by Gasteiger charge is -2.19. The van der Waals surface area contributed by atoms with E-state index >= 15 is 0 Å². The highest BCUT2D eigenvalue weighted by Crippen LogP contribution is 2.24. The third-order valence-electron chi connectivity index (χ3n) is 3.36. The van der Waals surface area contributed by atoms with Crippen molar-refractivity contribution in [2.24, 2.45) is 5.10 Å². The summed E-state index contributed by atoms with van der Waals surface area (Å²) >= 11 is 1.58. The molecule has 5 heteroatoms. The lowest BCUT2D eigenvalue weighted by molar-refractivity contribution is -0.123. The highest BCUT2D eigenvalue weighted by molar-refractivity contribution is 7.11. The van der Waals surface area contributed by atoms with E-state index in [0.29, 0.717) is 5.75 Å². The molecule has 1 N–H and O–H groups in total. The fourth-order valence-electron chi connectivity index (χ4n) is 1.91. The second kappa shape index (κ2) is 7.42. The summed E-state index contributed by atoms with van der Waals surface area (Å²) in [6.07, 6.45) is 1.65. The number of aryl methyl sites for hydroxylation is 1. The number of benzene rings is 1. The average Bonchev–Trinajstić information content (AvgIpc) is 2.90. The number of nitrogens with zero attached hydrogens (tertiary/aromatic N) is 1. The van der Waals surface area contributed by atoms with Gasteiger partial charge in [-0.3, -0.25) is 4.79 Å². The molecule has 0 atom stereocenters. The molecule has 0 unspecified atom stereocenters. The number of hydrogen-bond donors (Lipinski definition) is 1. The van der Waals surface area contributed by atoms with Gasteiger partial charge in [0.15, 0.2) is 6.61 Å². The van der Waals surface area contributed by atoms with Crippen molar-refractivity contribution in [1.29, 1.82) is 0 Å². The molecule has 0 radical (unpaired) electrons. The van der Waals surface area contributed by atoms with Crippen LogP contribution in [-0.2, 0) is 10.2 Å². The zero-order valence-electron chi connectivity index (χ0n) is 13.9. The van der Waals surface area contributed by atoms with Crippen LogP contribution < -0.4 is 10.2 Å². The van der Waals surface area contributed by atoms with Crippen LogP contribution in [0.15, 0.2) is 40.8 Å². The van der Waals surface area contributed by atoms with Crippen molar-refractivity contribution < 1.29 is 9.53 Å². The Balaban J connectivity index is 1.80. The van der Waals surface area contributed by atoms with Gasteiger partial charge in [-0.2, -0.15) is 5.10 Å². The molecule has 122 valence electrons. The lowest BCUT2D eigenvalue weighted by Crippen LogP contribution is -2.24. The van der Waals surface area contributed by atoms with Gasteiger partial charge in [-0.1, -0.05) is 32.9 Å². The van der Waals surface area contributed by atoms with Gasteiger partial charge in [-0.25, -0.2) is 5.43 Å².